The van der Waals surface area contributed by atoms with Crippen molar-refractivity contribution in [3.63, 3.8) is 0 Å². The minimum Gasteiger partial charge on any atom is -0.243 e. The second-order valence-electron chi connectivity index (χ2n) is 2.61. The van der Waals surface area contributed by atoms with Crippen LogP contribution in [0.3, 0.4) is 0 Å². The molecule has 1 nitrogen and oxygen atoms in total. The Labute approximate surface area is 62.7 Å². The number of halogens is 1. The smallest absolute Gasteiger partial charge is 0.115 e. The lowest BCUT2D eigenvalue weighted by molar-refractivity contribution is 0.609. The lowest BCUT2D eigenvalue weighted by Crippen LogP contribution is -2.02. The lowest BCUT2D eigenvalue weighted by atomic mass is 10.1. The number of hydrogen-bond acceptors (Lipinski definition) is 1. The molecular weight excluding hydrogens is 156 g/mol. The fourth-order valence-electron chi connectivity index (χ4n) is 1.36. The summed E-state index contributed by atoms with van der Waals surface area (Å²) in [7, 11) is 4.25. The molecular formula is C6H11ClOS. The molecule has 1 aliphatic carbocycles. The van der Waals surface area contributed by atoms with Gasteiger partial charge in [0.1, 0.15) is 10.0 Å². The third-order valence-corrected chi connectivity index (χ3v) is 2.95. The van der Waals surface area contributed by atoms with Gasteiger partial charge in [0.15, 0.2) is 0 Å². The van der Waals surface area contributed by atoms with Gasteiger partial charge >= 0.3 is 0 Å². The first-order valence-corrected chi connectivity index (χ1v) is 5.48. The Balaban J connectivity index is 2.19. The summed E-state index contributed by atoms with van der Waals surface area (Å²) in [5.41, 5.74) is 0. The number of hydrogen-bond donors (Lipinski definition) is 0. The van der Waals surface area contributed by atoms with Gasteiger partial charge in [-0.25, -0.2) is 4.21 Å². The van der Waals surface area contributed by atoms with Crippen LogP contribution in [-0.2, 0) is 10.0 Å². The highest BCUT2D eigenvalue weighted by Gasteiger charge is 2.16. The maximum atomic E-state index is 10.5. The Morgan fingerprint density at radius 3 is 2.44 bits per heavy atom. The van der Waals surface area contributed by atoms with Crippen LogP contribution in [0.1, 0.15) is 25.7 Å². The Bertz CT molecular complexity index is 110. The Morgan fingerprint density at radius 1 is 1.44 bits per heavy atom. The summed E-state index contributed by atoms with van der Waals surface area (Å²) in [4.78, 5) is 0. The highest BCUT2D eigenvalue weighted by Crippen LogP contribution is 2.25. The van der Waals surface area contributed by atoms with Crippen molar-refractivity contribution in [1.82, 2.24) is 0 Å². The summed E-state index contributed by atoms with van der Waals surface area (Å²) in [6, 6.07) is 0. The van der Waals surface area contributed by atoms with Crippen LogP contribution in [0.4, 0.5) is 0 Å². The molecule has 0 saturated heterocycles. The molecule has 9 heavy (non-hydrogen) atoms. The largest absolute Gasteiger partial charge is 0.243 e. The van der Waals surface area contributed by atoms with Gasteiger partial charge in [0.05, 0.1) is 0 Å². The zero-order valence-corrected chi connectivity index (χ0v) is 6.88. The van der Waals surface area contributed by atoms with Crippen molar-refractivity contribution in [2.45, 2.75) is 25.7 Å². The molecule has 54 valence electrons. The van der Waals surface area contributed by atoms with E-state index in [-0.39, 0.29) is 0 Å². The minimum absolute atomic E-state index is 0.656. The molecule has 1 atom stereocenters. The van der Waals surface area contributed by atoms with Crippen LogP contribution in [0.25, 0.3) is 0 Å². The second kappa shape index (κ2) is 3.57. The van der Waals surface area contributed by atoms with E-state index in [4.69, 9.17) is 10.7 Å². The lowest BCUT2D eigenvalue weighted by Gasteiger charge is -2.01. The third-order valence-electron chi connectivity index (χ3n) is 1.84. The van der Waals surface area contributed by atoms with E-state index in [2.05, 4.69) is 0 Å². The van der Waals surface area contributed by atoms with Crippen molar-refractivity contribution in [2.24, 2.45) is 5.92 Å². The number of rotatable bonds is 2. The van der Waals surface area contributed by atoms with E-state index in [1.807, 2.05) is 0 Å². The van der Waals surface area contributed by atoms with E-state index in [1.54, 1.807) is 0 Å². The summed E-state index contributed by atoms with van der Waals surface area (Å²) >= 11 is 0. The Hall–Kier alpha value is 0.440. The molecule has 0 bridgehead atoms. The van der Waals surface area contributed by atoms with Crippen LogP contribution < -0.4 is 0 Å². The van der Waals surface area contributed by atoms with E-state index in [0.29, 0.717) is 11.7 Å². The van der Waals surface area contributed by atoms with Gasteiger partial charge < -0.3 is 0 Å². The van der Waals surface area contributed by atoms with Crippen molar-refractivity contribution in [2.75, 3.05) is 5.75 Å². The maximum Gasteiger partial charge on any atom is 0.115 e. The SMILES string of the molecule is O=S(Cl)CC1CCCC1. The first-order chi connectivity index (χ1) is 4.29. The van der Waals surface area contributed by atoms with E-state index >= 15 is 0 Å². The van der Waals surface area contributed by atoms with Crippen molar-refractivity contribution in [3.05, 3.63) is 0 Å². The standard InChI is InChI=1S/C6H11ClOS/c7-9(8)5-6-3-1-2-4-6/h6H,1-5H2. The molecule has 1 saturated carbocycles. The summed E-state index contributed by atoms with van der Waals surface area (Å²) in [6.07, 6.45) is 5.08. The summed E-state index contributed by atoms with van der Waals surface area (Å²) in [5.74, 6) is 1.37. The molecule has 1 fully saturated rings. The van der Waals surface area contributed by atoms with Crippen LogP contribution in [0.5, 0.6) is 0 Å². The molecule has 1 rings (SSSR count). The monoisotopic (exact) mass is 166 g/mol. The molecule has 0 aromatic rings. The molecule has 0 radical (unpaired) electrons. The highest BCUT2D eigenvalue weighted by atomic mass is 35.7. The molecule has 0 aromatic heterocycles. The van der Waals surface area contributed by atoms with Crippen molar-refractivity contribution >= 4 is 20.7 Å². The molecule has 3 heteroatoms. The van der Waals surface area contributed by atoms with Crippen LogP contribution >= 0.6 is 10.7 Å². The Kier molecular flexibility index (Phi) is 2.99. The molecule has 0 aliphatic heterocycles. The van der Waals surface area contributed by atoms with Gasteiger partial charge in [-0.15, -0.1) is 0 Å². The normalized spacial score (nSPS) is 24.6. The van der Waals surface area contributed by atoms with Gasteiger partial charge in [-0.1, -0.05) is 12.8 Å². The molecule has 1 unspecified atom stereocenters. The fraction of sp³-hybridized carbons (Fsp3) is 1.00. The van der Waals surface area contributed by atoms with Crippen molar-refractivity contribution in [3.8, 4) is 0 Å². The maximum absolute atomic E-state index is 10.5. The van der Waals surface area contributed by atoms with Crippen molar-refractivity contribution < 1.29 is 4.21 Å². The first kappa shape index (κ1) is 7.55. The van der Waals surface area contributed by atoms with E-state index in [0.717, 1.165) is 0 Å². The highest BCUT2D eigenvalue weighted by molar-refractivity contribution is 8.08. The molecule has 0 aromatic carbocycles. The second-order valence-corrected chi connectivity index (χ2v) is 4.55. The van der Waals surface area contributed by atoms with Gasteiger partial charge in [-0.05, 0) is 29.4 Å². The molecule has 0 amide bonds. The van der Waals surface area contributed by atoms with Gasteiger partial charge in [0.2, 0.25) is 0 Å². The Morgan fingerprint density at radius 2 is 2.00 bits per heavy atom. The van der Waals surface area contributed by atoms with E-state index < -0.39 is 10.0 Å². The van der Waals surface area contributed by atoms with Crippen molar-refractivity contribution in [1.29, 1.82) is 0 Å². The summed E-state index contributed by atoms with van der Waals surface area (Å²) < 4.78 is 10.5. The van der Waals surface area contributed by atoms with Crippen LogP contribution in [0.15, 0.2) is 0 Å². The fourth-order valence-corrected chi connectivity index (χ4v) is 2.60. The average Bonchev–Trinajstić information content (AvgIpc) is 2.15. The minimum atomic E-state index is -1.08. The van der Waals surface area contributed by atoms with Crippen LogP contribution in [0, 0.1) is 5.92 Å². The van der Waals surface area contributed by atoms with Gasteiger partial charge in [0, 0.05) is 5.75 Å². The summed E-state index contributed by atoms with van der Waals surface area (Å²) in [5, 5.41) is 0. The molecule has 1 aliphatic rings. The topological polar surface area (TPSA) is 17.1 Å². The van der Waals surface area contributed by atoms with Crippen LogP contribution in [0.2, 0.25) is 0 Å². The van der Waals surface area contributed by atoms with E-state index in [1.165, 1.54) is 25.7 Å². The summed E-state index contributed by atoms with van der Waals surface area (Å²) in [6.45, 7) is 0. The van der Waals surface area contributed by atoms with Gasteiger partial charge in [-0.3, -0.25) is 0 Å². The predicted molar refractivity (Wildman–Crippen MR) is 40.8 cm³/mol. The molecule has 0 spiro atoms. The quantitative estimate of drug-likeness (QED) is 0.575. The van der Waals surface area contributed by atoms with Crippen LogP contribution in [-0.4, -0.2) is 9.96 Å². The zero-order valence-electron chi connectivity index (χ0n) is 5.31. The third kappa shape index (κ3) is 2.67. The zero-order chi connectivity index (χ0) is 6.69. The molecule has 0 heterocycles. The average molecular weight is 167 g/mol. The van der Waals surface area contributed by atoms with Gasteiger partial charge in [0.25, 0.3) is 0 Å². The van der Waals surface area contributed by atoms with E-state index in [9.17, 15) is 4.21 Å². The van der Waals surface area contributed by atoms with Gasteiger partial charge in [-0.2, -0.15) is 0 Å². The predicted octanol–water partition coefficient (Wildman–Crippen LogP) is 2.08. The first-order valence-electron chi connectivity index (χ1n) is 3.33. The molecule has 0 N–H and O–H groups in total.